The molecule has 0 aliphatic heterocycles. The van der Waals surface area contributed by atoms with Crippen LogP contribution in [-0.2, 0) is 4.79 Å². The molecule has 0 bridgehead atoms. The van der Waals surface area contributed by atoms with Crippen LogP contribution in [0.25, 0.3) is 0 Å². The Labute approximate surface area is 103 Å². The van der Waals surface area contributed by atoms with E-state index in [1.54, 1.807) is 7.05 Å². The van der Waals surface area contributed by atoms with Crippen LogP contribution in [0.2, 0.25) is 0 Å². The summed E-state index contributed by atoms with van der Waals surface area (Å²) < 4.78 is 0. The number of carbonyl (C=O) groups is 1. The molecule has 17 heavy (non-hydrogen) atoms. The van der Waals surface area contributed by atoms with Crippen molar-refractivity contribution in [2.75, 3.05) is 30.9 Å². The minimum Gasteiger partial charge on any atom is -0.372 e. The Hall–Kier alpha value is -1.55. The summed E-state index contributed by atoms with van der Waals surface area (Å²) in [5, 5.41) is 5.67. The highest BCUT2D eigenvalue weighted by Gasteiger charge is 2.06. The Kier molecular flexibility index (Phi) is 4.97. The first kappa shape index (κ1) is 13.5. The van der Waals surface area contributed by atoms with E-state index in [9.17, 15) is 4.79 Å². The molecule has 1 rings (SSSR count). The van der Waals surface area contributed by atoms with Gasteiger partial charge in [-0.2, -0.15) is 0 Å². The van der Waals surface area contributed by atoms with Gasteiger partial charge < -0.3 is 15.5 Å². The van der Waals surface area contributed by atoms with Crippen LogP contribution in [0.5, 0.6) is 0 Å². The van der Waals surface area contributed by atoms with Crippen LogP contribution >= 0.6 is 0 Å². The summed E-state index contributed by atoms with van der Waals surface area (Å²) in [5.74, 6) is -0.0307. The lowest BCUT2D eigenvalue weighted by molar-refractivity contribution is -0.115. The fourth-order valence-corrected chi connectivity index (χ4v) is 1.47. The number of nitrogens with one attached hydrogen (secondary N) is 2. The topological polar surface area (TPSA) is 44.4 Å². The van der Waals surface area contributed by atoms with Gasteiger partial charge in [0.1, 0.15) is 0 Å². The molecule has 4 nitrogen and oxygen atoms in total. The van der Waals surface area contributed by atoms with Crippen molar-refractivity contribution in [3.8, 4) is 0 Å². The average Bonchev–Trinajstić information content (AvgIpc) is 2.28. The minimum absolute atomic E-state index is 0.0307. The third-order valence-electron chi connectivity index (χ3n) is 2.65. The second-order valence-electron chi connectivity index (χ2n) is 4.33. The van der Waals surface area contributed by atoms with E-state index in [-0.39, 0.29) is 5.91 Å². The van der Waals surface area contributed by atoms with E-state index in [0.717, 1.165) is 11.4 Å². The highest BCUT2D eigenvalue weighted by Crippen LogP contribution is 2.19. The monoisotopic (exact) mass is 235 g/mol. The third-order valence-corrected chi connectivity index (χ3v) is 2.65. The Balaban J connectivity index is 2.75. The molecule has 0 heterocycles. The summed E-state index contributed by atoms with van der Waals surface area (Å²) in [4.78, 5) is 13.6. The Morgan fingerprint density at radius 2 is 2.12 bits per heavy atom. The fourth-order valence-electron chi connectivity index (χ4n) is 1.47. The van der Waals surface area contributed by atoms with Gasteiger partial charge in [0.2, 0.25) is 5.91 Å². The first-order valence-electron chi connectivity index (χ1n) is 5.82. The molecule has 0 spiro atoms. The van der Waals surface area contributed by atoms with Crippen LogP contribution in [0.4, 0.5) is 11.4 Å². The largest absolute Gasteiger partial charge is 0.372 e. The highest BCUT2D eigenvalue weighted by atomic mass is 16.1. The second-order valence-corrected chi connectivity index (χ2v) is 4.33. The van der Waals surface area contributed by atoms with E-state index < -0.39 is 0 Å². The predicted octanol–water partition coefficient (Wildman–Crippen LogP) is 1.69. The average molecular weight is 235 g/mol. The van der Waals surface area contributed by atoms with E-state index in [0.29, 0.717) is 12.6 Å². The van der Waals surface area contributed by atoms with Crippen LogP contribution in [0.15, 0.2) is 24.3 Å². The Morgan fingerprint density at radius 1 is 1.41 bits per heavy atom. The van der Waals surface area contributed by atoms with Crippen molar-refractivity contribution >= 4 is 17.3 Å². The van der Waals surface area contributed by atoms with E-state index in [1.807, 2.05) is 31.3 Å². The molecular weight excluding hydrogens is 214 g/mol. The number of rotatable bonds is 5. The highest BCUT2D eigenvalue weighted by molar-refractivity contribution is 5.92. The molecule has 1 aromatic carbocycles. The summed E-state index contributed by atoms with van der Waals surface area (Å²) >= 11 is 0. The van der Waals surface area contributed by atoms with Gasteiger partial charge in [0, 0.05) is 24.5 Å². The normalized spacial score (nSPS) is 10.4. The van der Waals surface area contributed by atoms with Crippen molar-refractivity contribution in [1.29, 1.82) is 0 Å². The molecular formula is C13H21N3O. The van der Waals surface area contributed by atoms with E-state index in [2.05, 4.69) is 29.4 Å². The number of hydrogen-bond donors (Lipinski definition) is 2. The number of anilines is 2. The lowest BCUT2D eigenvalue weighted by Gasteiger charge is -2.24. The molecule has 0 radical (unpaired) electrons. The van der Waals surface area contributed by atoms with Crippen LogP contribution in [0.3, 0.4) is 0 Å². The smallest absolute Gasteiger partial charge is 0.238 e. The van der Waals surface area contributed by atoms with Crippen molar-refractivity contribution < 1.29 is 4.79 Å². The number of likely N-dealkylation sites (N-methyl/N-ethyl adjacent to an activating group) is 1. The predicted molar refractivity (Wildman–Crippen MR) is 72.5 cm³/mol. The SMILES string of the molecule is CNCC(=O)Nc1cccc(N(C)C(C)C)c1. The van der Waals surface area contributed by atoms with Crippen LogP contribution in [0, 0.1) is 0 Å². The van der Waals surface area contributed by atoms with Crippen LogP contribution in [0.1, 0.15) is 13.8 Å². The van der Waals surface area contributed by atoms with Crippen LogP contribution < -0.4 is 15.5 Å². The molecule has 0 unspecified atom stereocenters. The molecule has 0 aromatic heterocycles. The molecule has 0 aliphatic carbocycles. The zero-order valence-corrected chi connectivity index (χ0v) is 10.9. The van der Waals surface area contributed by atoms with E-state index in [1.165, 1.54) is 0 Å². The molecule has 1 amide bonds. The van der Waals surface area contributed by atoms with Gasteiger partial charge in [0.25, 0.3) is 0 Å². The van der Waals surface area contributed by atoms with E-state index in [4.69, 9.17) is 0 Å². The van der Waals surface area contributed by atoms with Gasteiger partial charge in [0.05, 0.1) is 6.54 Å². The van der Waals surface area contributed by atoms with Crippen molar-refractivity contribution in [1.82, 2.24) is 5.32 Å². The second kappa shape index (κ2) is 6.25. The minimum atomic E-state index is -0.0307. The molecule has 1 aromatic rings. The van der Waals surface area contributed by atoms with Gasteiger partial charge in [-0.1, -0.05) is 6.07 Å². The first-order valence-corrected chi connectivity index (χ1v) is 5.82. The van der Waals surface area contributed by atoms with Crippen molar-refractivity contribution in [3.63, 3.8) is 0 Å². The summed E-state index contributed by atoms with van der Waals surface area (Å²) in [7, 11) is 3.79. The Morgan fingerprint density at radius 3 is 2.71 bits per heavy atom. The fraction of sp³-hybridized carbons (Fsp3) is 0.462. The summed E-state index contributed by atoms with van der Waals surface area (Å²) in [6.45, 7) is 4.59. The molecule has 4 heteroatoms. The number of hydrogen-bond acceptors (Lipinski definition) is 3. The number of carbonyl (C=O) groups excluding carboxylic acids is 1. The molecule has 2 N–H and O–H groups in total. The van der Waals surface area contributed by atoms with Crippen molar-refractivity contribution in [3.05, 3.63) is 24.3 Å². The molecule has 0 saturated heterocycles. The van der Waals surface area contributed by atoms with Gasteiger partial charge in [0.15, 0.2) is 0 Å². The lowest BCUT2D eigenvalue weighted by Crippen LogP contribution is -2.26. The summed E-state index contributed by atoms with van der Waals surface area (Å²) in [5.41, 5.74) is 1.93. The van der Waals surface area contributed by atoms with Gasteiger partial charge in [-0.05, 0) is 39.1 Å². The molecule has 0 atom stereocenters. The maximum absolute atomic E-state index is 11.4. The standard InChI is InChI=1S/C13H21N3O/c1-10(2)16(4)12-7-5-6-11(8-12)15-13(17)9-14-3/h5-8,10,14H,9H2,1-4H3,(H,15,17). The lowest BCUT2D eigenvalue weighted by atomic mass is 10.2. The maximum atomic E-state index is 11.4. The molecule has 0 fully saturated rings. The molecule has 0 aliphatic rings. The van der Waals surface area contributed by atoms with Gasteiger partial charge >= 0.3 is 0 Å². The first-order chi connectivity index (χ1) is 8.04. The molecule has 94 valence electrons. The zero-order chi connectivity index (χ0) is 12.8. The van der Waals surface area contributed by atoms with Crippen molar-refractivity contribution in [2.24, 2.45) is 0 Å². The summed E-state index contributed by atoms with van der Waals surface area (Å²) in [6, 6.07) is 8.29. The summed E-state index contributed by atoms with van der Waals surface area (Å²) in [6.07, 6.45) is 0. The molecule has 0 saturated carbocycles. The number of benzene rings is 1. The van der Waals surface area contributed by atoms with Gasteiger partial charge in [-0.3, -0.25) is 4.79 Å². The number of nitrogens with zero attached hydrogens (tertiary/aromatic N) is 1. The quantitative estimate of drug-likeness (QED) is 0.816. The van der Waals surface area contributed by atoms with Crippen LogP contribution in [-0.4, -0.2) is 32.6 Å². The van der Waals surface area contributed by atoms with Gasteiger partial charge in [-0.15, -0.1) is 0 Å². The van der Waals surface area contributed by atoms with Crippen molar-refractivity contribution in [2.45, 2.75) is 19.9 Å². The number of amides is 1. The Bertz CT molecular complexity index is 377. The van der Waals surface area contributed by atoms with Gasteiger partial charge in [-0.25, -0.2) is 0 Å². The van der Waals surface area contributed by atoms with E-state index >= 15 is 0 Å². The zero-order valence-electron chi connectivity index (χ0n) is 10.9. The third kappa shape index (κ3) is 4.07. The maximum Gasteiger partial charge on any atom is 0.238 e.